The second-order valence-electron chi connectivity index (χ2n) is 12.0. The van der Waals surface area contributed by atoms with Crippen LogP contribution in [0.15, 0.2) is 58.8 Å². The summed E-state index contributed by atoms with van der Waals surface area (Å²) in [6, 6.07) is 11.9. The monoisotopic (exact) mass is 875 g/mol. The molecule has 6 N–H and O–H groups in total. The second-order valence-corrected chi connectivity index (χ2v) is 20.4. The molecule has 1 radical (unpaired) electrons. The van der Waals surface area contributed by atoms with E-state index in [1.807, 2.05) is 83.2 Å². The number of thioether (sulfide) groups is 2. The molecule has 4 unspecified atom stereocenters. The molecule has 0 saturated carbocycles. The van der Waals surface area contributed by atoms with Gasteiger partial charge >= 0.3 is 18.9 Å². The summed E-state index contributed by atoms with van der Waals surface area (Å²) in [7, 11) is 11.9. The Morgan fingerprint density at radius 3 is 1.89 bits per heavy atom. The van der Waals surface area contributed by atoms with Crippen LogP contribution in [0.3, 0.4) is 0 Å². The standard InChI is InChI=1S/C13H16N2O4S2.C11H14OS.C7H15NS2.C6H10S.CH5N.BHN.H2/c1-8(14)3-4-9(2)20-21-10-5-6-12(15(18)19)11(7-10)13(16)17;1-8(12)10-4-6-11(7-5-10)9(2)13-3;1-6(8)4-5-7(2)10-9-3;1-5-3-4-6(2)7-5;2*1-2;/h5-7,9,14H,3-4H2,1-2H3,(H,16,17);4-7,9H,1-3H3;7-8H,4-5H2,1-3H3;6H,1,3-4H2,2H3;2H2,1H3;2H;1H/i;;;;;;1+2D. The van der Waals surface area contributed by atoms with Gasteiger partial charge in [0.2, 0.25) is 0 Å². The molecule has 0 spiro atoms. The van der Waals surface area contributed by atoms with Crippen LogP contribution < -0.4 is 5.73 Å². The van der Waals surface area contributed by atoms with E-state index in [0.717, 1.165) is 42.2 Å². The molecular weight excluding hydrogens is 810 g/mol. The normalized spacial score (nSPS) is 14.2. The number of carbonyl (C=O) groups excluding carboxylic acids is 1. The minimum atomic E-state index is -1.30. The first-order chi connectivity index (χ1) is 26.9. The van der Waals surface area contributed by atoms with Gasteiger partial charge in [-0.1, -0.05) is 94.8 Å². The molecule has 0 aromatic heterocycles. The number of ketones is 1. The molecule has 309 valence electrons. The van der Waals surface area contributed by atoms with Crippen LogP contribution in [0, 0.1) is 26.2 Å². The van der Waals surface area contributed by atoms with Gasteiger partial charge in [-0.05, 0) is 108 Å². The summed E-state index contributed by atoms with van der Waals surface area (Å²) in [5, 5.41) is 41.9. The minimum absolute atomic E-state index is 0.128. The molecule has 55 heavy (non-hydrogen) atoms. The number of carboxylic acids is 1. The van der Waals surface area contributed by atoms with Crippen molar-refractivity contribution in [3.05, 3.63) is 80.8 Å². The molecule has 3 rings (SSSR count). The van der Waals surface area contributed by atoms with Crippen molar-refractivity contribution in [2.45, 2.75) is 113 Å². The van der Waals surface area contributed by atoms with Gasteiger partial charge in [0.15, 0.2) is 5.78 Å². The van der Waals surface area contributed by atoms with E-state index in [0.29, 0.717) is 26.4 Å². The van der Waals surface area contributed by atoms with Gasteiger partial charge in [-0.2, -0.15) is 11.8 Å². The van der Waals surface area contributed by atoms with Crippen molar-refractivity contribution in [3.8, 4) is 0 Å². The van der Waals surface area contributed by atoms with Crippen LogP contribution in [0.25, 0.3) is 0 Å². The Morgan fingerprint density at radius 2 is 1.55 bits per heavy atom. The summed E-state index contributed by atoms with van der Waals surface area (Å²) in [5.41, 5.74) is 7.30. The number of nitrogens with two attached hydrogens (primary N) is 1. The van der Waals surface area contributed by atoms with Crippen molar-refractivity contribution in [1.29, 1.82) is 16.1 Å². The molecule has 1 aliphatic heterocycles. The Hall–Kier alpha value is -2.02. The first-order valence-corrected chi connectivity index (χ1v) is 24.4. The van der Waals surface area contributed by atoms with Gasteiger partial charge in [-0.15, -0.1) is 11.8 Å². The first kappa shape index (κ1) is 55.1. The molecular formula is C38H63BN5O5S6. The maximum absolute atomic E-state index is 11.0. The summed E-state index contributed by atoms with van der Waals surface area (Å²) in [6.45, 7) is 17.8. The van der Waals surface area contributed by atoms with Crippen molar-refractivity contribution in [1.82, 2.24) is 0 Å². The molecule has 1 saturated heterocycles. The zero-order chi connectivity index (χ0) is 45.1. The summed E-state index contributed by atoms with van der Waals surface area (Å²) < 4.78 is 10.0. The van der Waals surface area contributed by atoms with Crippen LogP contribution in [0.2, 0.25) is 0 Å². The Morgan fingerprint density at radius 1 is 1.04 bits per heavy atom. The quantitative estimate of drug-likeness (QED) is 0.0268. The third kappa shape index (κ3) is 29.8. The molecule has 0 amide bonds. The average Bonchev–Trinajstić information content (AvgIpc) is 3.59. The van der Waals surface area contributed by atoms with E-state index in [9.17, 15) is 19.7 Å². The maximum atomic E-state index is 11.0. The first-order valence-electron chi connectivity index (χ1n) is 18.4. The number of nitro benzene ring substituents is 1. The average molecular weight is 876 g/mol. The molecule has 0 bridgehead atoms. The number of nitrogens with one attached hydrogen (secondary N) is 3. The molecule has 1 fully saturated rings. The van der Waals surface area contributed by atoms with E-state index in [1.54, 1.807) is 30.7 Å². The Kier molecular flexibility index (Phi) is 35.2. The molecule has 2 aromatic carbocycles. The van der Waals surface area contributed by atoms with Crippen LogP contribution in [-0.4, -0.2) is 76.2 Å². The van der Waals surface area contributed by atoms with E-state index < -0.39 is 16.6 Å². The van der Waals surface area contributed by atoms with E-state index in [-0.39, 0.29) is 11.3 Å². The van der Waals surface area contributed by atoms with Crippen LogP contribution >= 0.6 is 66.7 Å². The number of carboxylic acid groups (broad SMARTS) is 1. The fourth-order valence-electron chi connectivity index (χ4n) is 4.03. The zero-order valence-electron chi connectivity index (χ0n) is 35.9. The fourth-order valence-corrected chi connectivity index (χ4v) is 9.52. The van der Waals surface area contributed by atoms with Crippen LogP contribution in [0.1, 0.15) is 121 Å². The summed E-state index contributed by atoms with van der Waals surface area (Å²) >= 11 is 3.73. The third-order valence-corrected chi connectivity index (χ3v) is 14.6. The Labute approximate surface area is 358 Å². The number of hydrogen-bond acceptors (Lipinski definition) is 14. The van der Waals surface area contributed by atoms with Crippen molar-refractivity contribution < 1.29 is 22.6 Å². The molecule has 1 heterocycles. The number of rotatable bonds is 16. The predicted octanol–water partition coefficient (Wildman–Crippen LogP) is 12.9. The molecule has 0 aliphatic carbocycles. The molecule has 1 aliphatic rings. The van der Waals surface area contributed by atoms with Crippen molar-refractivity contribution >= 4 is 103 Å². The van der Waals surface area contributed by atoms with E-state index in [2.05, 4.69) is 53.2 Å². The summed E-state index contributed by atoms with van der Waals surface area (Å²) in [4.78, 5) is 34.1. The molecule has 10 nitrogen and oxygen atoms in total. The fraction of sp³-hybridized carbons (Fsp3) is 0.526. The van der Waals surface area contributed by atoms with Crippen molar-refractivity contribution in [2.75, 3.05) is 19.6 Å². The van der Waals surface area contributed by atoms with Gasteiger partial charge in [-0.25, -0.2) is 4.79 Å². The van der Waals surface area contributed by atoms with Gasteiger partial charge in [0.25, 0.3) is 5.69 Å². The molecule has 17 heteroatoms. The Balaban J connectivity index is -0.000000335. The van der Waals surface area contributed by atoms with Gasteiger partial charge in [0, 0.05) is 51.9 Å². The SMILES string of the molecule is C=C1CCC(C)S1.CC(=N)CCC(C)SSc1ccc([N+](=O)[O-])c(C(=O)O)c1.CN.CSC(C)c1ccc(C(C)=O)cc1.CSSC(C)CCC(C)=N.[2H][3H].[B]=N. The van der Waals surface area contributed by atoms with E-state index in [1.165, 1.54) is 53.3 Å². The van der Waals surface area contributed by atoms with E-state index >= 15 is 0 Å². The van der Waals surface area contributed by atoms with Gasteiger partial charge in [0.05, 0.1) is 4.92 Å². The number of aromatic carboxylic acids is 1. The van der Waals surface area contributed by atoms with Gasteiger partial charge in [0.1, 0.15) is 5.56 Å². The predicted molar refractivity (Wildman–Crippen MR) is 253 cm³/mol. The summed E-state index contributed by atoms with van der Waals surface area (Å²) in [5.74, 6) is -1.18. The second kappa shape index (κ2) is 35.2. The van der Waals surface area contributed by atoms with Crippen LogP contribution in [-0.2, 0) is 0 Å². The number of Topliss-reactive ketones (excluding diaryl/α,β-unsaturated/α-hetero) is 1. The third-order valence-electron chi connectivity index (χ3n) is 7.15. The van der Waals surface area contributed by atoms with E-state index in [4.69, 9.17) is 24.2 Å². The number of nitrogens with zero attached hydrogens (tertiary/aromatic N) is 1. The number of nitro groups is 1. The van der Waals surface area contributed by atoms with Gasteiger partial charge < -0.3 is 21.7 Å². The number of carbonyl (C=O) groups is 2. The van der Waals surface area contributed by atoms with Crippen molar-refractivity contribution in [2.24, 2.45) is 5.73 Å². The Bertz CT molecular complexity index is 1470. The topological polar surface area (TPSA) is 195 Å². The summed E-state index contributed by atoms with van der Waals surface area (Å²) in [6.07, 6.45) is 10.5. The molecule has 4 atom stereocenters. The van der Waals surface area contributed by atoms with Crippen LogP contribution in [0.5, 0.6) is 0 Å². The number of hydrogen-bond donors (Lipinski definition) is 5. The van der Waals surface area contributed by atoms with Crippen LogP contribution in [0.4, 0.5) is 5.69 Å². The van der Waals surface area contributed by atoms with Crippen molar-refractivity contribution in [3.63, 3.8) is 0 Å². The number of allylic oxidation sites excluding steroid dienone is 1. The zero-order valence-corrected chi connectivity index (χ0v) is 38.8. The number of benzene rings is 2. The van der Waals surface area contributed by atoms with Gasteiger partial charge in [-0.3, -0.25) is 14.9 Å². The molecule has 2 aromatic rings.